The Balaban J connectivity index is 2.00. The van der Waals surface area contributed by atoms with Crippen LogP contribution in [0.5, 0.6) is 5.75 Å². The quantitative estimate of drug-likeness (QED) is 0.603. The van der Waals surface area contributed by atoms with Crippen molar-refractivity contribution in [1.82, 2.24) is 10.2 Å². The molecule has 0 unspecified atom stereocenters. The number of hydrogen-bond donors (Lipinski definition) is 3. The van der Waals surface area contributed by atoms with Crippen LogP contribution < -0.4 is 20.7 Å². The van der Waals surface area contributed by atoms with E-state index < -0.39 is 0 Å². The normalized spacial score (nSPS) is 10.7. The second-order valence-corrected chi connectivity index (χ2v) is 7.49. The minimum atomic E-state index is -0.325. The molecule has 0 atom stereocenters. The van der Waals surface area contributed by atoms with Gasteiger partial charge in [-0.05, 0) is 64.3 Å². The first-order chi connectivity index (χ1) is 13.7. The molecule has 0 bridgehead atoms. The average molecular weight is 419 g/mol. The lowest BCUT2D eigenvalue weighted by atomic mass is 10.2. The fraction of sp³-hybridized carbons (Fsp3) is 0.333. The highest BCUT2D eigenvalue weighted by molar-refractivity contribution is 6.32. The van der Waals surface area contributed by atoms with Crippen molar-refractivity contribution in [2.75, 3.05) is 37.9 Å². The predicted octanol–water partition coefficient (Wildman–Crippen LogP) is 4.06. The Bertz CT molecular complexity index is 856. The Morgan fingerprint density at radius 2 is 1.79 bits per heavy atom. The van der Waals surface area contributed by atoms with E-state index in [1.807, 2.05) is 32.8 Å². The van der Waals surface area contributed by atoms with E-state index >= 15 is 0 Å². The number of ether oxygens (including phenoxy) is 1. The van der Waals surface area contributed by atoms with Crippen molar-refractivity contribution in [3.63, 3.8) is 0 Å². The largest absolute Gasteiger partial charge is 0.491 e. The molecule has 3 N–H and O–H groups in total. The van der Waals surface area contributed by atoms with Crippen LogP contribution in [0.1, 0.15) is 24.2 Å². The number of rotatable bonds is 8. The molecule has 8 heteroatoms. The second-order valence-electron chi connectivity index (χ2n) is 7.09. The summed E-state index contributed by atoms with van der Waals surface area (Å²) in [5.41, 5.74) is 1.49. The maximum Gasteiger partial charge on any atom is 0.319 e. The fourth-order valence-corrected chi connectivity index (χ4v) is 2.64. The Hall–Kier alpha value is -2.77. The molecular formula is C21H27ClN4O3. The molecule has 2 rings (SSSR count). The monoisotopic (exact) mass is 418 g/mol. The minimum absolute atomic E-state index is 0.0149. The van der Waals surface area contributed by atoms with Crippen LogP contribution in [0.15, 0.2) is 42.5 Å². The van der Waals surface area contributed by atoms with Crippen LogP contribution in [0.4, 0.5) is 16.2 Å². The third-order valence-corrected chi connectivity index (χ3v) is 4.08. The number of urea groups is 1. The summed E-state index contributed by atoms with van der Waals surface area (Å²) in [4.78, 5) is 26.4. The summed E-state index contributed by atoms with van der Waals surface area (Å²) in [5, 5.41) is 8.65. The average Bonchev–Trinajstić information content (AvgIpc) is 2.62. The number of hydrogen-bond acceptors (Lipinski definition) is 4. The molecule has 0 heterocycles. The Labute approximate surface area is 176 Å². The van der Waals surface area contributed by atoms with E-state index in [-0.39, 0.29) is 18.0 Å². The van der Waals surface area contributed by atoms with Gasteiger partial charge in [-0.1, -0.05) is 17.7 Å². The zero-order chi connectivity index (χ0) is 21.4. The van der Waals surface area contributed by atoms with E-state index in [4.69, 9.17) is 16.3 Å². The highest BCUT2D eigenvalue weighted by Crippen LogP contribution is 2.28. The lowest BCUT2D eigenvalue weighted by Gasteiger charge is -2.13. The van der Waals surface area contributed by atoms with Gasteiger partial charge in [0.05, 0.1) is 5.02 Å². The van der Waals surface area contributed by atoms with Gasteiger partial charge < -0.3 is 25.6 Å². The van der Waals surface area contributed by atoms with E-state index in [0.29, 0.717) is 34.3 Å². The van der Waals surface area contributed by atoms with Gasteiger partial charge in [-0.25, -0.2) is 4.79 Å². The first-order valence-corrected chi connectivity index (χ1v) is 9.68. The summed E-state index contributed by atoms with van der Waals surface area (Å²) in [5.74, 6) is 0.254. The number of nitrogens with zero attached hydrogens (tertiary/aromatic N) is 1. The Kier molecular flexibility index (Phi) is 8.30. The van der Waals surface area contributed by atoms with Crippen LogP contribution in [0.25, 0.3) is 0 Å². The van der Waals surface area contributed by atoms with E-state index in [0.717, 1.165) is 6.54 Å². The van der Waals surface area contributed by atoms with Gasteiger partial charge in [0.1, 0.15) is 12.4 Å². The maximum atomic E-state index is 12.6. The summed E-state index contributed by atoms with van der Waals surface area (Å²) >= 11 is 6.25. The molecule has 0 radical (unpaired) electrons. The summed E-state index contributed by atoms with van der Waals surface area (Å²) in [6.07, 6.45) is 0. The molecule has 0 aliphatic rings. The van der Waals surface area contributed by atoms with E-state index in [9.17, 15) is 9.59 Å². The number of carbonyl (C=O) groups is 2. The zero-order valence-corrected chi connectivity index (χ0v) is 17.8. The summed E-state index contributed by atoms with van der Waals surface area (Å²) in [6, 6.07) is 11.5. The third kappa shape index (κ3) is 7.63. The van der Waals surface area contributed by atoms with Crippen molar-refractivity contribution in [1.29, 1.82) is 0 Å². The van der Waals surface area contributed by atoms with Crippen molar-refractivity contribution in [3.8, 4) is 5.75 Å². The van der Waals surface area contributed by atoms with Gasteiger partial charge in [0, 0.05) is 29.5 Å². The van der Waals surface area contributed by atoms with Gasteiger partial charge in [0.25, 0.3) is 5.91 Å². The molecule has 2 aromatic carbocycles. The van der Waals surface area contributed by atoms with Gasteiger partial charge in [-0.15, -0.1) is 0 Å². The molecule has 0 aliphatic carbocycles. The molecule has 29 heavy (non-hydrogen) atoms. The predicted molar refractivity (Wildman–Crippen MR) is 117 cm³/mol. The zero-order valence-electron chi connectivity index (χ0n) is 17.1. The number of benzene rings is 2. The number of anilines is 2. The molecule has 7 nitrogen and oxygen atoms in total. The van der Waals surface area contributed by atoms with Crippen molar-refractivity contribution in [3.05, 3.63) is 53.1 Å². The second kappa shape index (κ2) is 10.7. The summed E-state index contributed by atoms with van der Waals surface area (Å²) in [7, 11) is 3.93. The van der Waals surface area contributed by atoms with Crippen molar-refractivity contribution in [2.24, 2.45) is 0 Å². The van der Waals surface area contributed by atoms with Crippen molar-refractivity contribution < 1.29 is 14.3 Å². The van der Waals surface area contributed by atoms with E-state index in [1.54, 1.807) is 42.5 Å². The lowest BCUT2D eigenvalue weighted by molar-refractivity contribution is 0.102. The summed E-state index contributed by atoms with van der Waals surface area (Å²) < 4.78 is 5.64. The summed E-state index contributed by atoms with van der Waals surface area (Å²) in [6.45, 7) is 5.03. The Morgan fingerprint density at radius 3 is 2.45 bits per heavy atom. The molecule has 0 saturated carbocycles. The molecule has 2 aromatic rings. The molecule has 0 fully saturated rings. The molecule has 0 aromatic heterocycles. The van der Waals surface area contributed by atoms with Crippen LogP contribution in [-0.2, 0) is 0 Å². The standard InChI is InChI=1S/C21H27ClN4O3/c1-14(2)23-21(28)25-16-7-5-6-15(12-16)20(27)24-17-8-9-19(18(22)13-17)29-11-10-26(3)4/h5-9,12-14H,10-11H2,1-4H3,(H,24,27)(H2,23,25,28). The number of amides is 3. The third-order valence-electron chi connectivity index (χ3n) is 3.79. The van der Waals surface area contributed by atoms with Gasteiger partial charge in [0.15, 0.2) is 0 Å². The lowest BCUT2D eigenvalue weighted by Crippen LogP contribution is -2.34. The van der Waals surface area contributed by atoms with Crippen LogP contribution in [0, 0.1) is 0 Å². The molecular weight excluding hydrogens is 392 g/mol. The minimum Gasteiger partial charge on any atom is -0.491 e. The highest BCUT2D eigenvalue weighted by atomic mass is 35.5. The van der Waals surface area contributed by atoms with E-state index in [2.05, 4.69) is 16.0 Å². The molecule has 156 valence electrons. The number of nitrogens with one attached hydrogen (secondary N) is 3. The smallest absolute Gasteiger partial charge is 0.319 e. The maximum absolute atomic E-state index is 12.6. The van der Waals surface area contributed by atoms with Crippen LogP contribution >= 0.6 is 11.6 Å². The number of likely N-dealkylation sites (N-methyl/N-ethyl adjacent to an activating group) is 1. The highest BCUT2D eigenvalue weighted by Gasteiger charge is 2.10. The molecule has 0 spiro atoms. The SMILES string of the molecule is CC(C)NC(=O)Nc1cccc(C(=O)Nc2ccc(OCCN(C)C)c(Cl)c2)c1. The van der Waals surface area contributed by atoms with Gasteiger partial charge in [-0.3, -0.25) is 4.79 Å². The first kappa shape index (κ1) is 22.5. The Morgan fingerprint density at radius 1 is 1.07 bits per heavy atom. The topological polar surface area (TPSA) is 82.7 Å². The van der Waals surface area contributed by atoms with Crippen molar-refractivity contribution in [2.45, 2.75) is 19.9 Å². The van der Waals surface area contributed by atoms with Crippen LogP contribution in [-0.4, -0.2) is 50.1 Å². The van der Waals surface area contributed by atoms with Gasteiger partial charge >= 0.3 is 6.03 Å². The van der Waals surface area contributed by atoms with Crippen LogP contribution in [0.2, 0.25) is 5.02 Å². The van der Waals surface area contributed by atoms with Crippen molar-refractivity contribution >= 4 is 34.9 Å². The number of halogens is 1. The van der Waals surface area contributed by atoms with E-state index in [1.165, 1.54) is 0 Å². The van der Waals surface area contributed by atoms with Gasteiger partial charge in [0.2, 0.25) is 0 Å². The van der Waals surface area contributed by atoms with Crippen LogP contribution in [0.3, 0.4) is 0 Å². The fourth-order valence-electron chi connectivity index (χ4n) is 2.40. The molecule has 0 aliphatic heterocycles. The number of carbonyl (C=O) groups excluding carboxylic acids is 2. The molecule has 0 saturated heterocycles. The first-order valence-electron chi connectivity index (χ1n) is 9.30. The van der Waals surface area contributed by atoms with Gasteiger partial charge in [-0.2, -0.15) is 0 Å². The molecule has 3 amide bonds.